The lowest BCUT2D eigenvalue weighted by molar-refractivity contribution is -0.269. The number of hydrogen-bond acceptors (Lipinski definition) is 5. The topological polar surface area (TPSA) is 54.0 Å². The van der Waals surface area contributed by atoms with Gasteiger partial charge in [0.05, 0.1) is 6.61 Å². The van der Waals surface area contributed by atoms with Crippen molar-refractivity contribution in [3.63, 3.8) is 0 Å². The minimum Gasteiger partial charge on any atom is -0.432 e. The molecule has 0 N–H and O–H groups in total. The van der Waals surface area contributed by atoms with E-state index in [-0.39, 0.29) is 6.61 Å². The minimum atomic E-state index is -0.996. The summed E-state index contributed by atoms with van der Waals surface area (Å²) in [4.78, 5) is 11.0. The van der Waals surface area contributed by atoms with Gasteiger partial charge in [-0.05, 0) is 24.6 Å². The predicted molar refractivity (Wildman–Crippen MR) is 76.2 cm³/mol. The Kier molecular flexibility index (Phi) is 5.50. The smallest absolute Gasteiger partial charge is 0.305 e. The Hall–Kier alpha value is -1.69. The van der Waals surface area contributed by atoms with Crippen LogP contribution in [0.1, 0.15) is 19.4 Å². The van der Waals surface area contributed by atoms with Crippen molar-refractivity contribution < 1.29 is 23.7 Å². The standard InChI is InChI=1S/C16H20O5/c1-3-19-16(10-9-15(21-16)20-13(2)17)12-18-11-14-7-5-4-6-8-14/h4-10,15H,3,11-12H2,1-2H3. The summed E-state index contributed by atoms with van der Waals surface area (Å²) < 4.78 is 21.9. The number of carbonyl (C=O) groups excluding carboxylic acids is 1. The van der Waals surface area contributed by atoms with E-state index in [1.54, 1.807) is 12.2 Å². The lowest BCUT2D eigenvalue weighted by Crippen LogP contribution is -2.39. The molecule has 2 atom stereocenters. The molecule has 0 saturated carbocycles. The van der Waals surface area contributed by atoms with E-state index in [1.165, 1.54) is 6.92 Å². The fourth-order valence-corrected chi connectivity index (χ4v) is 2.06. The summed E-state index contributed by atoms with van der Waals surface area (Å²) in [5.41, 5.74) is 1.07. The fraction of sp³-hybridized carbons (Fsp3) is 0.438. The first-order valence-corrected chi connectivity index (χ1v) is 6.93. The molecule has 1 heterocycles. The molecule has 0 amide bonds. The summed E-state index contributed by atoms with van der Waals surface area (Å²) in [6, 6.07) is 9.85. The molecule has 114 valence electrons. The maximum atomic E-state index is 11.0. The van der Waals surface area contributed by atoms with Gasteiger partial charge in [0, 0.05) is 13.5 Å². The molecular weight excluding hydrogens is 272 g/mol. The molecule has 5 heteroatoms. The second-order valence-corrected chi connectivity index (χ2v) is 4.68. The van der Waals surface area contributed by atoms with Crippen LogP contribution in [0.5, 0.6) is 0 Å². The van der Waals surface area contributed by atoms with Gasteiger partial charge in [-0.2, -0.15) is 0 Å². The van der Waals surface area contributed by atoms with Gasteiger partial charge in [0.2, 0.25) is 12.1 Å². The van der Waals surface area contributed by atoms with Crippen LogP contribution in [0.3, 0.4) is 0 Å². The minimum absolute atomic E-state index is 0.226. The molecule has 2 unspecified atom stereocenters. The van der Waals surface area contributed by atoms with Crippen LogP contribution < -0.4 is 0 Å². The second-order valence-electron chi connectivity index (χ2n) is 4.68. The van der Waals surface area contributed by atoms with Crippen molar-refractivity contribution >= 4 is 5.97 Å². The van der Waals surface area contributed by atoms with Crippen LogP contribution in [-0.2, 0) is 30.3 Å². The van der Waals surface area contributed by atoms with Crippen molar-refractivity contribution in [1.29, 1.82) is 0 Å². The van der Waals surface area contributed by atoms with E-state index in [4.69, 9.17) is 18.9 Å². The summed E-state index contributed by atoms with van der Waals surface area (Å²) in [5.74, 6) is -1.40. The van der Waals surface area contributed by atoms with Crippen molar-refractivity contribution in [2.45, 2.75) is 32.5 Å². The first-order valence-electron chi connectivity index (χ1n) is 6.93. The van der Waals surface area contributed by atoms with Crippen LogP contribution in [0.4, 0.5) is 0 Å². The Morgan fingerprint density at radius 3 is 2.76 bits per heavy atom. The van der Waals surface area contributed by atoms with Crippen LogP contribution in [0.2, 0.25) is 0 Å². The Labute approximate surface area is 124 Å². The average Bonchev–Trinajstić information content (AvgIpc) is 2.83. The van der Waals surface area contributed by atoms with Crippen molar-refractivity contribution in [2.75, 3.05) is 13.2 Å². The number of esters is 1. The molecule has 0 fully saturated rings. The number of hydrogen-bond donors (Lipinski definition) is 0. The zero-order valence-corrected chi connectivity index (χ0v) is 12.3. The summed E-state index contributed by atoms with van der Waals surface area (Å²) in [5, 5.41) is 0. The summed E-state index contributed by atoms with van der Waals surface area (Å²) in [6.45, 7) is 4.36. The highest BCUT2D eigenvalue weighted by Gasteiger charge is 2.38. The van der Waals surface area contributed by atoms with E-state index < -0.39 is 18.0 Å². The number of benzene rings is 1. The molecule has 2 rings (SSSR count). The van der Waals surface area contributed by atoms with Crippen LogP contribution in [-0.4, -0.2) is 31.3 Å². The van der Waals surface area contributed by atoms with Gasteiger partial charge in [0.25, 0.3) is 0 Å². The van der Waals surface area contributed by atoms with Crippen LogP contribution in [0.25, 0.3) is 0 Å². The van der Waals surface area contributed by atoms with Crippen molar-refractivity contribution in [2.24, 2.45) is 0 Å². The Morgan fingerprint density at radius 1 is 1.33 bits per heavy atom. The molecule has 0 radical (unpaired) electrons. The van der Waals surface area contributed by atoms with E-state index >= 15 is 0 Å². The third-order valence-corrected chi connectivity index (χ3v) is 2.91. The molecule has 0 saturated heterocycles. The molecule has 0 bridgehead atoms. The molecule has 1 aromatic rings. The Balaban J connectivity index is 1.88. The molecule has 1 aliphatic heterocycles. The van der Waals surface area contributed by atoms with Crippen molar-refractivity contribution in [1.82, 2.24) is 0 Å². The third-order valence-electron chi connectivity index (χ3n) is 2.91. The molecule has 5 nitrogen and oxygen atoms in total. The lowest BCUT2D eigenvalue weighted by Gasteiger charge is -2.28. The Morgan fingerprint density at radius 2 is 2.10 bits per heavy atom. The number of carbonyl (C=O) groups is 1. The predicted octanol–water partition coefficient (Wildman–Crippen LogP) is 2.41. The Bertz CT molecular complexity index is 485. The normalized spacial score (nSPS) is 24.2. The van der Waals surface area contributed by atoms with Crippen molar-refractivity contribution in [3.05, 3.63) is 48.0 Å². The number of ether oxygens (including phenoxy) is 4. The van der Waals surface area contributed by atoms with Gasteiger partial charge >= 0.3 is 5.97 Å². The summed E-state index contributed by atoms with van der Waals surface area (Å²) in [6.07, 6.45) is 2.66. The fourth-order valence-electron chi connectivity index (χ4n) is 2.06. The van der Waals surface area contributed by atoms with Crippen LogP contribution in [0, 0.1) is 0 Å². The monoisotopic (exact) mass is 292 g/mol. The highest BCUT2D eigenvalue weighted by Crippen LogP contribution is 2.26. The molecule has 0 spiro atoms. The van der Waals surface area contributed by atoms with Gasteiger partial charge in [-0.15, -0.1) is 0 Å². The highest BCUT2D eigenvalue weighted by atomic mass is 16.8. The number of rotatable bonds is 7. The average molecular weight is 292 g/mol. The maximum absolute atomic E-state index is 11.0. The quantitative estimate of drug-likeness (QED) is 0.570. The SMILES string of the molecule is CCOC1(COCc2ccccc2)C=CC(OC(C)=O)O1. The van der Waals surface area contributed by atoms with E-state index in [0.29, 0.717) is 13.2 Å². The zero-order valence-electron chi connectivity index (χ0n) is 12.3. The second kappa shape index (κ2) is 7.36. The molecule has 0 aliphatic carbocycles. The zero-order chi connectivity index (χ0) is 15.1. The van der Waals surface area contributed by atoms with Gasteiger partial charge in [0.15, 0.2) is 0 Å². The van der Waals surface area contributed by atoms with Crippen molar-refractivity contribution in [3.8, 4) is 0 Å². The molecule has 21 heavy (non-hydrogen) atoms. The lowest BCUT2D eigenvalue weighted by atomic mass is 10.2. The van der Waals surface area contributed by atoms with E-state index in [1.807, 2.05) is 37.3 Å². The molecule has 1 aliphatic rings. The third kappa shape index (κ3) is 4.67. The van der Waals surface area contributed by atoms with Crippen LogP contribution >= 0.6 is 0 Å². The first kappa shape index (κ1) is 15.7. The van der Waals surface area contributed by atoms with E-state index in [0.717, 1.165) is 5.56 Å². The first-order chi connectivity index (χ1) is 10.1. The summed E-state index contributed by atoms with van der Waals surface area (Å²) >= 11 is 0. The van der Waals surface area contributed by atoms with Gasteiger partial charge in [0.1, 0.15) is 6.61 Å². The highest BCUT2D eigenvalue weighted by molar-refractivity contribution is 5.66. The maximum Gasteiger partial charge on any atom is 0.305 e. The summed E-state index contributed by atoms with van der Waals surface area (Å²) in [7, 11) is 0. The van der Waals surface area contributed by atoms with E-state index in [9.17, 15) is 4.79 Å². The molecule has 0 aromatic heterocycles. The van der Waals surface area contributed by atoms with E-state index in [2.05, 4.69) is 0 Å². The molecule has 1 aromatic carbocycles. The van der Waals surface area contributed by atoms with Gasteiger partial charge < -0.3 is 18.9 Å². The molecular formula is C16H20O5. The van der Waals surface area contributed by atoms with Gasteiger partial charge in [-0.1, -0.05) is 30.3 Å². The van der Waals surface area contributed by atoms with Gasteiger partial charge in [-0.3, -0.25) is 4.79 Å². The van der Waals surface area contributed by atoms with Gasteiger partial charge in [-0.25, -0.2) is 0 Å². The largest absolute Gasteiger partial charge is 0.432 e. The van der Waals surface area contributed by atoms with Crippen LogP contribution in [0.15, 0.2) is 42.5 Å².